The van der Waals surface area contributed by atoms with Crippen LogP contribution in [0.5, 0.6) is 5.88 Å². The molecule has 0 saturated heterocycles. The Morgan fingerprint density at radius 3 is 2.58 bits per heavy atom. The van der Waals surface area contributed by atoms with Gasteiger partial charge in [0.25, 0.3) is 15.6 Å². The molecule has 10 nitrogen and oxygen atoms in total. The number of sulfonamides is 1. The lowest BCUT2D eigenvalue weighted by molar-refractivity contribution is -0.124. The highest BCUT2D eigenvalue weighted by atomic mass is 32.2. The maximum Gasteiger partial charge on any atom is 0.262 e. The molecule has 4 rings (SSSR count). The van der Waals surface area contributed by atoms with Gasteiger partial charge in [-0.1, -0.05) is 13.0 Å². The van der Waals surface area contributed by atoms with Crippen molar-refractivity contribution < 1.29 is 22.3 Å². The van der Waals surface area contributed by atoms with E-state index in [4.69, 9.17) is 4.74 Å². The van der Waals surface area contributed by atoms with Crippen molar-refractivity contribution in [2.45, 2.75) is 25.3 Å². The third-order valence-electron chi connectivity index (χ3n) is 6.05. The summed E-state index contributed by atoms with van der Waals surface area (Å²) in [6.45, 7) is 3.34. The first kappa shape index (κ1) is 26.7. The fourth-order valence-corrected chi connectivity index (χ4v) is 5.06. The number of aromatic nitrogens is 3. The van der Waals surface area contributed by atoms with Crippen molar-refractivity contribution in [1.82, 2.24) is 19.9 Å². The second-order valence-corrected chi connectivity index (χ2v) is 10.4. The highest BCUT2D eigenvalue weighted by Crippen LogP contribution is 2.31. The minimum Gasteiger partial charge on any atom is -0.480 e. The van der Waals surface area contributed by atoms with Gasteiger partial charge in [0.15, 0.2) is 0 Å². The molecule has 0 aliphatic rings. The van der Waals surface area contributed by atoms with Crippen LogP contribution in [-0.2, 0) is 21.4 Å². The van der Waals surface area contributed by atoms with Gasteiger partial charge >= 0.3 is 0 Å². The maximum absolute atomic E-state index is 13.7. The van der Waals surface area contributed by atoms with Crippen LogP contribution in [0.3, 0.4) is 0 Å². The van der Waals surface area contributed by atoms with Crippen LogP contribution < -0.4 is 20.3 Å². The summed E-state index contributed by atoms with van der Waals surface area (Å²) in [4.78, 5) is 33.5. The van der Waals surface area contributed by atoms with E-state index in [9.17, 15) is 22.4 Å². The van der Waals surface area contributed by atoms with Crippen molar-refractivity contribution in [3.63, 3.8) is 0 Å². The number of rotatable bonds is 8. The molecule has 1 atom stereocenters. The molecule has 12 heteroatoms. The Balaban J connectivity index is 1.73. The predicted molar refractivity (Wildman–Crippen MR) is 141 cm³/mol. The zero-order valence-corrected chi connectivity index (χ0v) is 22.0. The van der Waals surface area contributed by atoms with Crippen LogP contribution in [0.1, 0.15) is 12.5 Å². The van der Waals surface area contributed by atoms with Crippen LogP contribution in [0.15, 0.2) is 64.7 Å². The number of nitrogens with zero attached hydrogens (tertiary/aromatic N) is 3. The van der Waals surface area contributed by atoms with Gasteiger partial charge in [-0.05, 0) is 54.4 Å². The molecular weight excluding hydrogens is 513 g/mol. The molecule has 1 amide bonds. The number of hydrogen-bond donors (Lipinski definition) is 2. The number of benzene rings is 2. The van der Waals surface area contributed by atoms with Gasteiger partial charge in [-0.3, -0.25) is 18.9 Å². The Morgan fingerprint density at radius 2 is 1.89 bits per heavy atom. The number of carbonyl (C=O) groups is 1. The molecule has 0 aliphatic carbocycles. The number of carbonyl (C=O) groups excluding carboxylic acids is 1. The van der Waals surface area contributed by atoms with Crippen LogP contribution >= 0.6 is 0 Å². The first-order valence-electron chi connectivity index (χ1n) is 11.6. The number of amides is 1. The smallest absolute Gasteiger partial charge is 0.262 e. The summed E-state index contributed by atoms with van der Waals surface area (Å²) in [5, 5.41) is 2.89. The largest absolute Gasteiger partial charge is 0.480 e. The highest BCUT2D eigenvalue weighted by molar-refractivity contribution is 7.92. The number of fused-ring (bicyclic) bond motifs is 1. The summed E-state index contributed by atoms with van der Waals surface area (Å²) in [6, 6.07) is 10.1. The van der Waals surface area contributed by atoms with Gasteiger partial charge < -0.3 is 10.1 Å². The van der Waals surface area contributed by atoms with Crippen LogP contribution in [-0.4, -0.2) is 43.0 Å². The Hall–Kier alpha value is -4.32. The molecule has 0 bridgehead atoms. The number of halogens is 1. The van der Waals surface area contributed by atoms with E-state index < -0.39 is 21.8 Å². The first-order valence-corrected chi connectivity index (χ1v) is 13.1. The molecule has 0 radical (unpaired) electrons. The zero-order valence-electron chi connectivity index (χ0n) is 21.1. The number of methoxy groups -OCH3 is 1. The lowest BCUT2D eigenvalue weighted by Gasteiger charge is -2.14. The van der Waals surface area contributed by atoms with Crippen LogP contribution in [0.25, 0.3) is 22.0 Å². The fraction of sp³-hybridized carbons (Fsp3) is 0.231. The quantitative estimate of drug-likeness (QED) is 0.352. The number of ether oxygens (including phenoxy) is 1. The Labute approximate surface area is 218 Å². The standard InChI is InChI=1S/C26H26FN5O5S/c1-15-9-19(6-7-21(15)27)38(35,36)31-23-11-18(12-29-25(23)37-4)17-5-8-22-20(10-17)26(34)32(14-30-22)13-16(2)24(33)28-3/h5-12,14,16,31H,13H2,1-4H3,(H,28,33). The first-order chi connectivity index (χ1) is 18.0. The van der Waals surface area contributed by atoms with E-state index in [1.54, 1.807) is 25.1 Å². The van der Waals surface area contributed by atoms with Gasteiger partial charge in [0.2, 0.25) is 11.8 Å². The third kappa shape index (κ3) is 5.35. The summed E-state index contributed by atoms with van der Waals surface area (Å²) >= 11 is 0. The topological polar surface area (TPSA) is 132 Å². The molecule has 2 aromatic heterocycles. The normalized spacial score (nSPS) is 12.2. The lowest BCUT2D eigenvalue weighted by atomic mass is 10.0. The number of pyridine rings is 1. The molecule has 0 fully saturated rings. The van der Waals surface area contributed by atoms with E-state index in [1.165, 1.54) is 56.4 Å². The highest BCUT2D eigenvalue weighted by Gasteiger charge is 2.20. The van der Waals surface area contributed by atoms with E-state index in [-0.39, 0.29) is 40.0 Å². The third-order valence-corrected chi connectivity index (χ3v) is 7.41. The monoisotopic (exact) mass is 539 g/mol. The van der Waals surface area contributed by atoms with Gasteiger partial charge in [-0.25, -0.2) is 22.8 Å². The van der Waals surface area contributed by atoms with E-state index in [0.29, 0.717) is 22.0 Å². The number of hydrogen-bond acceptors (Lipinski definition) is 7. The minimum absolute atomic E-state index is 0.0316. The van der Waals surface area contributed by atoms with Crippen LogP contribution in [0.4, 0.5) is 10.1 Å². The molecule has 2 N–H and O–H groups in total. The fourth-order valence-electron chi connectivity index (χ4n) is 3.93. The summed E-state index contributed by atoms with van der Waals surface area (Å²) in [7, 11) is -1.20. The lowest BCUT2D eigenvalue weighted by Crippen LogP contribution is -2.32. The summed E-state index contributed by atoms with van der Waals surface area (Å²) in [5.74, 6) is -1.12. The predicted octanol–water partition coefficient (Wildman–Crippen LogP) is 3.10. The average Bonchev–Trinajstić information content (AvgIpc) is 2.90. The van der Waals surface area contributed by atoms with E-state index in [2.05, 4.69) is 20.0 Å². The van der Waals surface area contributed by atoms with Crippen molar-refractivity contribution >= 4 is 32.5 Å². The summed E-state index contributed by atoms with van der Waals surface area (Å²) in [6.07, 6.45) is 2.89. The summed E-state index contributed by atoms with van der Waals surface area (Å²) < 4.78 is 48.7. The van der Waals surface area contributed by atoms with Crippen LogP contribution in [0, 0.1) is 18.7 Å². The second kappa shape index (κ2) is 10.6. The summed E-state index contributed by atoms with van der Waals surface area (Å²) in [5.41, 5.74) is 1.50. The molecule has 38 heavy (non-hydrogen) atoms. The number of anilines is 1. The maximum atomic E-state index is 13.7. The average molecular weight is 540 g/mol. The molecule has 1 unspecified atom stereocenters. The van der Waals surface area contributed by atoms with E-state index in [1.807, 2.05) is 0 Å². The molecule has 0 aliphatic heterocycles. The molecule has 4 aromatic rings. The van der Waals surface area contributed by atoms with E-state index >= 15 is 0 Å². The Kier molecular flexibility index (Phi) is 7.44. The molecule has 2 aromatic carbocycles. The van der Waals surface area contributed by atoms with Gasteiger partial charge in [0.1, 0.15) is 11.5 Å². The van der Waals surface area contributed by atoms with Gasteiger partial charge in [0, 0.05) is 25.4 Å². The van der Waals surface area contributed by atoms with Crippen molar-refractivity contribution in [2.75, 3.05) is 18.9 Å². The number of aryl methyl sites for hydroxylation is 1. The zero-order chi connectivity index (χ0) is 27.6. The van der Waals surface area contributed by atoms with Crippen molar-refractivity contribution in [3.8, 4) is 17.0 Å². The second-order valence-electron chi connectivity index (χ2n) is 8.75. The molecular formula is C26H26FN5O5S. The van der Waals surface area contributed by atoms with E-state index in [0.717, 1.165) is 6.07 Å². The van der Waals surface area contributed by atoms with Gasteiger partial charge in [-0.15, -0.1) is 0 Å². The van der Waals surface area contributed by atoms with Crippen LogP contribution in [0.2, 0.25) is 0 Å². The molecule has 0 spiro atoms. The minimum atomic E-state index is -4.08. The molecule has 198 valence electrons. The van der Waals surface area contributed by atoms with Gasteiger partial charge in [0.05, 0.1) is 35.2 Å². The van der Waals surface area contributed by atoms with Gasteiger partial charge in [-0.2, -0.15) is 0 Å². The Bertz CT molecular complexity index is 1700. The molecule has 2 heterocycles. The van der Waals surface area contributed by atoms with Crippen molar-refractivity contribution in [2.24, 2.45) is 5.92 Å². The van der Waals surface area contributed by atoms with Crippen molar-refractivity contribution in [3.05, 3.63) is 76.7 Å². The molecule has 0 saturated carbocycles. The number of nitrogens with one attached hydrogen (secondary N) is 2. The van der Waals surface area contributed by atoms with Crippen molar-refractivity contribution in [1.29, 1.82) is 0 Å². The SMILES string of the molecule is CNC(=O)C(C)Cn1cnc2ccc(-c3cnc(OC)c(NS(=O)(=O)c4ccc(F)c(C)c4)c3)cc2c1=O. The Morgan fingerprint density at radius 1 is 1.13 bits per heavy atom.